The van der Waals surface area contributed by atoms with E-state index >= 15 is 0 Å². The van der Waals surface area contributed by atoms with Gasteiger partial charge >= 0.3 is 12.0 Å². The zero-order valence-electron chi connectivity index (χ0n) is 12.0. The molecule has 5 nitrogen and oxygen atoms in total. The monoisotopic (exact) mass is 258 g/mol. The van der Waals surface area contributed by atoms with Crippen LogP contribution >= 0.6 is 0 Å². The van der Waals surface area contributed by atoms with E-state index in [1.54, 1.807) is 0 Å². The molecule has 0 rings (SSSR count). The fraction of sp³-hybridized carbons (Fsp3) is 0.846. The summed E-state index contributed by atoms with van der Waals surface area (Å²) < 4.78 is 0. The van der Waals surface area contributed by atoms with Gasteiger partial charge in [0.05, 0.1) is 0 Å². The zero-order valence-corrected chi connectivity index (χ0v) is 12.0. The van der Waals surface area contributed by atoms with E-state index in [0.29, 0.717) is 6.42 Å². The highest BCUT2D eigenvalue weighted by Gasteiger charge is 2.25. The zero-order chi connectivity index (χ0) is 14.3. The average molecular weight is 258 g/mol. The highest BCUT2D eigenvalue weighted by Crippen LogP contribution is 2.13. The Labute approximate surface area is 109 Å². The molecule has 2 amide bonds. The lowest BCUT2D eigenvalue weighted by molar-refractivity contribution is -0.139. The minimum atomic E-state index is -0.992. The Morgan fingerprint density at radius 3 is 2.06 bits per heavy atom. The van der Waals surface area contributed by atoms with E-state index in [9.17, 15) is 9.59 Å². The quantitative estimate of drug-likeness (QED) is 0.656. The number of nitrogens with one attached hydrogen (secondary N) is 2. The average Bonchev–Trinajstić information content (AvgIpc) is 2.27. The Balaban J connectivity index is 4.47. The van der Waals surface area contributed by atoms with E-state index in [0.717, 1.165) is 12.8 Å². The lowest BCUT2D eigenvalue weighted by Gasteiger charge is -2.29. The van der Waals surface area contributed by atoms with Crippen LogP contribution in [-0.2, 0) is 4.79 Å². The van der Waals surface area contributed by atoms with Gasteiger partial charge in [0.15, 0.2) is 0 Å². The molecular weight excluding hydrogens is 232 g/mol. The first-order chi connectivity index (χ1) is 8.24. The second kappa shape index (κ2) is 7.24. The van der Waals surface area contributed by atoms with Crippen molar-refractivity contribution in [1.29, 1.82) is 0 Å². The topological polar surface area (TPSA) is 78.4 Å². The third-order valence-corrected chi connectivity index (χ3v) is 3.29. The Bertz CT molecular complexity index is 286. The number of carboxylic acid groups (broad SMARTS) is 1. The SMILES string of the molecule is CCC(C)(CC)NC(=O)N[C@H](CC(C)C)C(=O)O. The van der Waals surface area contributed by atoms with Gasteiger partial charge in [-0.25, -0.2) is 9.59 Å². The molecule has 18 heavy (non-hydrogen) atoms. The van der Waals surface area contributed by atoms with Crippen LogP contribution in [0.25, 0.3) is 0 Å². The minimum absolute atomic E-state index is 0.218. The maximum atomic E-state index is 11.8. The van der Waals surface area contributed by atoms with E-state index in [4.69, 9.17) is 5.11 Å². The number of urea groups is 1. The van der Waals surface area contributed by atoms with E-state index < -0.39 is 18.0 Å². The fourth-order valence-corrected chi connectivity index (χ4v) is 1.59. The van der Waals surface area contributed by atoms with Crippen LogP contribution in [0.3, 0.4) is 0 Å². The molecule has 0 aliphatic carbocycles. The summed E-state index contributed by atoms with van der Waals surface area (Å²) in [5, 5.41) is 14.4. The molecule has 0 aliphatic rings. The van der Waals surface area contributed by atoms with Crippen LogP contribution in [0.2, 0.25) is 0 Å². The Morgan fingerprint density at radius 2 is 1.72 bits per heavy atom. The number of carbonyl (C=O) groups is 2. The predicted molar refractivity (Wildman–Crippen MR) is 71.5 cm³/mol. The van der Waals surface area contributed by atoms with Crippen LogP contribution in [0, 0.1) is 5.92 Å². The third-order valence-electron chi connectivity index (χ3n) is 3.29. The van der Waals surface area contributed by atoms with Gasteiger partial charge in [-0.05, 0) is 32.1 Å². The Morgan fingerprint density at radius 1 is 1.22 bits per heavy atom. The van der Waals surface area contributed by atoms with Gasteiger partial charge in [-0.2, -0.15) is 0 Å². The minimum Gasteiger partial charge on any atom is -0.480 e. The summed E-state index contributed by atoms with van der Waals surface area (Å²) in [6.45, 7) is 9.79. The number of carbonyl (C=O) groups excluding carboxylic acids is 1. The standard InChI is InChI=1S/C13H26N2O3/c1-6-13(5,7-2)15-12(18)14-10(11(16)17)8-9(3)4/h9-10H,6-8H2,1-5H3,(H,16,17)(H2,14,15,18)/t10-/m1/s1. The van der Waals surface area contributed by atoms with Crippen LogP contribution in [0.1, 0.15) is 53.9 Å². The summed E-state index contributed by atoms with van der Waals surface area (Å²) in [5.74, 6) is -0.774. The van der Waals surface area contributed by atoms with Gasteiger partial charge in [0, 0.05) is 5.54 Å². The van der Waals surface area contributed by atoms with Gasteiger partial charge in [-0.1, -0.05) is 27.7 Å². The van der Waals surface area contributed by atoms with Crippen molar-refractivity contribution >= 4 is 12.0 Å². The van der Waals surface area contributed by atoms with Gasteiger partial charge in [-0.15, -0.1) is 0 Å². The van der Waals surface area contributed by atoms with Crippen molar-refractivity contribution in [3.8, 4) is 0 Å². The van der Waals surface area contributed by atoms with Crippen molar-refractivity contribution in [1.82, 2.24) is 10.6 Å². The first-order valence-corrected chi connectivity index (χ1v) is 6.55. The molecule has 0 radical (unpaired) electrons. The maximum absolute atomic E-state index is 11.8. The molecule has 5 heteroatoms. The van der Waals surface area contributed by atoms with Gasteiger partial charge in [0.2, 0.25) is 0 Å². The first kappa shape index (κ1) is 16.7. The molecule has 0 saturated heterocycles. The third kappa shape index (κ3) is 5.89. The summed E-state index contributed by atoms with van der Waals surface area (Å²) in [6.07, 6.45) is 2.04. The van der Waals surface area contributed by atoms with Gasteiger partial charge in [-0.3, -0.25) is 0 Å². The van der Waals surface area contributed by atoms with Crippen LogP contribution in [-0.4, -0.2) is 28.7 Å². The molecule has 0 bridgehead atoms. The molecular formula is C13H26N2O3. The molecule has 0 aromatic carbocycles. The lowest BCUT2D eigenvalue weighted by Crippen LogP contribution is -2.53. The molecule has 0 spiro atoms. The number of hydrogen-bond acceptors (Lipinski definition) is 2. The predicted octanol–water partition coefficient (Wildman–Crippen LogP) is 2.36. The molecule has 0 unspecified atom stereocenters. The van der Waals surface area contributed by atoms with Crippen LogP contribution in [0.5, 0.6) is 0 Å². The van der Waals surface area contributed by atoms with Gasteiger partial charge < -0.3 is 15.7 Å². The van der Waals surface area contributed by atoms with Crippen molar-refractivity contribution in [3.05, 3.63) is 0 Å². The smallest absolute Gasteiger partial charge is 0.326 e. The van der Waals surface area contributed by atoms with E-state index in [-0.39, 0.29) is 11.5 Å². The summed E-state index contributed by atoms with van der Waals surface area (Å²) in [7, 11) is 0. The molecule has 0 heterocycles. The van der Waals surface area contributed by atoms with Crippen molar-refractivity contribution in [2.75, 3.05) is 0 Å². The molecule has 106 valence electrons. The van der Waals surface area contributed by atoms with Gasteiger partial charge in [0.25, 0.3) is 0 Å². The Hall–Kier alpha value is -1.26. The van der Waals surface area contributed by atoms with Crippen molar-refractivity contribution in [3.63, 3.8) is 0 Å². The van der Waals surface area contributed by atoms with Crippen LogP contribution < -0.4 is 10.6 Å². The van der Waals surface area contributed by atoms with E-state index in [1.807, 2.05) is 34.6 Å². The number of carboxylic acids is 1. The van der Waals surface area contributed by atoms with Crippen molar-refractivity contribution in [2.24, 2.45) is 5.92 Å². The number of aliphatic carboxylic acids is 1. The molecule has 1 atom stereocenters. The summed E-state index contributed by atoms with van der Waals surface area (Å²) >= 11 is 0. The maximum Gasteiger partial charge on any atom is 0.326 e. The first-order valence-electron chi connectivity index (χ1n) is 6.55. The van der Waals surface area contributed by atoms with Crippen LogP contribution in [0.15, 0.2) is 0 Å². The summed E-state index contributed by atoms with van der Waals surface area (Å²) in [5.41, 5.74) is -0.287. The molecule has 0 aromatic rings. The Kier molecular flexibility index (Phi) is 6.73. The molecule has 0 aliphatic heterocycles. The second-order valence-corrected chi connectivity index (χ2v) is 5.39. The second-order valence-electron chi connectivity index (χ2n) is 5.39. The number of hydrogen-bond donors (Lipinski definition) is 3. The summed E-state index contributed by atoms with van der Waals surface area (Å²) in [6, 6.07) is -1.24. The van der Waals surface area contributed by atoms with Gasteiger partial charge in [0.1, 0.15) is 6.04 Å². The number of rotatable bonds is 7. The van der Waals surface area contributed by atoms with Crippen LogP contribution in [0.4, 0.5) is 4.79 Å². The fourth-order valence-electron chi connectivity index (χ4n) is 1.59. The molecule has 0 saturated carbocycles. The van der Waals surface area contributed by atoms with Crippen molar-refractivity contribution < 1.29 is 14.7 Å². The number of amides is 2. The molecule has 3 N–H and O–H groups in total. The highest BCUT2D eigenvalue weighted by atomic mass is 16.4. The van der Waals surface area contributed by atoms with E-state index in [1.165, 1.54) is 0 Å². The lowest BCUT2D eigenvalue weighted by atomic mass is 9.96. The summed E-state index contributed by atoms with van der Waals surface area (Å²) in [4.78, 5) is 22.8. The largest absolute Gasteiger partial charge is 0.480 e. The molecule has 0 aromatic heterocycles. The van der Waals surface area contributed by atoms with Crippen molar-refractivity contribution in [2.45, 2.75) is 65.5 Å². The highest BCUT2D eigenvalue weighted by molar-refractivity contribution is 5.82. The normalized spacial score (nSPS) is 13.2. The van der Waals surface area contributed by atoms with E-state index in [2.05, 4.69) is 10.6 Å². The molecule has 0 fully saturated rings.